The summed E-state index contributed by atoms with van der Waals surface area (Å²) < 4.78 is 113. The van der Waals surface area contributed by atoms with Gasteiger partial charge in [-0.1, -0.05) is 12.1 Å². The molecular weight excluding hydrogens is 506 g/mol. The lowest BCUT2D eigenvalue weighted by atomic mass is 9.93. The van der Waals surface area contributed by atoms with E-state index < -0.39 is 55.9 Å². The van der Waals surface area contributed by atoms with E-state index >= 15 is 0 Å². The van der Waals surface area contributed by atoms with Crippen molar-refractivity contribution < 1.29 is 49.7 Å². The largest absolute Gasteiger partial charge is 0.494 e. The fourth-order valence-electron chi connectivity index (χ4n) is 3.25. The molecule has 0 heterocycles. The molecule has 0 saturated carbocycles. The highest BCUT2D eigenvalue weighted by atomic mass is 31.1. The van der Waals surface area contributed by atoms with E-state index in [4.69, 9.17) is 15.0 Å². The second-order valence-corrected chi connectivity index (χ2v) is 8.44. The summed E-state index contributed by atoms with van der Waals surface area (Å²) in [6, 6.07) is 5.91. The molecule has 0 fully saturated rings. The van der Waals surface area contributed by atoms with Gasteiger partial charge in [-0.25, -0.2) is 4.39 Å². The van der Waals surface area contributed by atoms with Crippen molar-refractivity contribution in [2.45, 2.75) is 43.6 Å². The zero-order valence-corrected chi connectivity index (χ0v) is 19.3. The Labute approximate surface area is 198 Å². The summed E-state index contributed by atoms with van der Waals surface area (Å²) in [4.78, 5) is 0. The van der Waals surface area contributed by atoms with Crippen LogP contribution in [0.4, 0.5) is 30.7 Å². The topological polar surface area (TPSA) is 81.8 Å². The van der Waals surface area contributed by atoms with Crippen LogP contribution in [-0.4, -0.2) is 30.5 Å². The van der Waals surface area contributed by atoms with E-state index in [1.807, 2.05) is 0 Å². The summed E-state index contributed by atoms with van der Waals surface area (Å²) in [7, 11) is -1.09. The maximum atomic E-state index is 13.6. The zero-order chi connectivity index (χ0) is 26.3. The first kappa shape index (κ1) is 29.0. The van der Waals surface area contributed by atoms with Crippen LogP contribution in [0.3, 0.4) is 0 Å². The van der Waals surface area contributed by atoms with Gasteiger partial charge < -0.3 is 15.6 Å². The fraction of sp³-hybridized carbons (Fsp3) is 0.455. The summed E-state index contributed by atoms with van der Waals surface area (Å²) in [6.45, 7) is -0.940. The molecule has 0 bridgehead atoms. The molecule has 0 radical (unpaired) electrons. The molecule has 35 heavy (non-hydrogen) atoms. The minimum Gasteiger partial charge on any atom is -0.493 e. The lowest BCUT2D eigenvalue weighted by Crippen LogP contribution is -2.47. The normalized spacial score (nSPS) is 14.2. The second-order valence-electron chi connectivity index (χ2n) is 7.98. The Morgan fingerprint density at radius 3 is 2.11 bits per heavy atom. The van der Waals surface area contributed by atoms with E-state index in [2.05, 4.69) is 0 Å². The molecule has 0 aromatic heterocycles. The summed E-state index contributed by atoms with van der Waals surface area (Å²) in [5.74, 6) is -1.86. The van der Waals surface area contributed by atoms with Crippen LogP contribution in [-0.2, 0) is 34.3 Å². The van der Waals surface area contributed by atoms with Gasteiger partial charge in [0.1, 0.15) is 18.2 Å². The summed E-state index contributed by atoms with van der Waals surface area (Å²) in [5, 5.41) is 9.41. The molecule has 2 aromatic carbocycles. The highest BCUT2D eigenvalue weighted by molar-refractivity contribution is 7.17. The third-order valence-corrected chi connectivity index (χ3v) is 5.46. The smallest absolute Gasteiger partial charge is 0.493 e. The van der Waals surface area contributed by atoms with Crippen molar-refractivity contribution >= 4 is 8.69 Å². The fourth-order valence-corrected chi connectivity index (χ4v) is 3.59. The van der Waals surface area contributed by atoms with Gasteiger partial charge in [-0.15, -0.1) is 4.52 Å². The van der Waals surface area contributed by atoms with Crippen LogP contribution in [0.25, 0.3) is 0 Å². The first-order valence-electron chi connectivity index (χ1n) is 10.4. The number of hydrogen-bond donors (Lipinski definition) is 2. The number of halogens is 7. The number of benzene rings is 2. The predicted molar refractivity (Wildman–Crippen MR) is 114 cm³/mol. The molecule has 3 N–H and O–H groups in total. The van der Waals surface area contributed by atoms with Gasteiger partial charge in [0.25, 0.3) is 0 Å². The van der Waals surface area contributed by atoms with Crippen LogP contribution < -0.4 is 10.5 Å². The average Bonchev–Trinajstić information content (AvgIpc) is 2.78. The highest BCUT2D eigenvalue weighted by Gasteiger charge is 2.35. The van der Waals surface area contributed by atoms with Gasteiger partial charge in [0.15, 0.2) is 0 Å². The lowest BCUT2D eigenvalue weighted by Gasteiger charge is -2.24. The SMILES string of the molecule is NC(CO)(CCc1ccc(OCCCc2ccc(C(F)(F)F)c(F)c2)c(C(F)(F)F)c1)CO[PH+]=O. The van der Waals surface area contributed by atoms with Crippen molar-refractivity contribution in [3.05, 3.63) is 64.5 Å². The lowest BCUT2D eigenvalue weighted by molar-refractivity contribution is -0.140. The van der Waals surface area contributed by atoms with Gasteiger partial charge >= 0.3 is 21.0 Å². The van der Waals surface area contributed by atoms with E-state index in [9.17, 15) is 40.4 Å². The zero-order valence-electron chi connectivity index (χ0n) is 18.3. The number of ether oxygens (including phenoxy) is 1. The predicted octanol–water partition coefficient (Wildman–Crippen LogP) is 5.45. The van der Waals surface area contributed by atoms with Crippen molar-refractivity contribution in [3.8, 4) is 5.75 Å². The molecule has 5 nitrogen and oxygen atoms in total. The van der Waals surface area contributed by atoms with Gasteiger partial charge in [-0.3, -0.25) is 0 Å². The van der Waals surface area contributed by atoms with Gasteiger partial charge in [-0.05, 0) is 65.6 Å². The molecule has 0 aliphatic carbocycles. The summed E-state index contributed by atoms with van der Waals surface area (Å²) in [5.41, 5.74) is 2.75. The van der Waals surface area contributed by atoms with E-state index in [-0.39, 0.29) is 50.0 Å². The number of rotatable bonds is 12. The van der Waals surface area contributed by atoms with Gasteiger partial charge in [-0.2, -0.15) is 26.3 Å². The summed E-state index contributed by atoms with van der Waals surface area (Å²) in [6.07, 6.45) is -9.18. The van der Waals surface area contributed by atoms with Crippen LogP contribution in [0.2, 0.25) is 0 Å². The van der Waals surface area contributed by atoms with E-state index in [0.717, 1.165) is 24.3 Å². The standard InChI is InChI=1S/C22H24F7NO4P/c23-18-11-14(3-5-16(18)21(24,25)26)2-1-9-33-19-6-4-15(10-17(19)22(27,28)29)7-8-20(30,12-31)13-34-35-32/h3-6,10-11,31,35H,1-2,7-9,12-13,30H2/q+1. The molecule has 0 spiro atoms. The molecule has 2 unspecified atom stereocenters. The van der Waals surface area contributed by atoms with Gasteiger partial charge in [0.2, 0.25) is 0 Å². The Kier molecular flexibility index (Phi) is 10.0. The molecule has 2 aromatic rings. The molecule has 194 valence electrons. The number of alkyl halides is 6. The number of hydrogen-bond acceptors (Lipinski definition) is 5. The molecule has 2 rings (SSSR count). The molecule has 0 aliphatic heterocycles. The Morgan fingerprint density at radius 1 is 0.914 bits per heavy atom. The Balaban J connectivity index is 2.02. The van der Waals surface area contributed by atoms with E-state index in [0.29, 0.717) is 6.07 Å². The van der Waals surface area contributed by atoms with Gasteiger partial charge in [0.05, 0.1) is 29.9 Å². The molecule has 2 atom stereocenters. The van der Waals surface area contributed by atoms with E-state index in [1.54, 1.807) is 0 Å². The van der Waals surface area contributed by atoms with Crippen molar-refractivity contribution in [2.75, 3.05) is 19.8 Å². The maximum absolute atomic E-state index is 13.6. The highest BCUT2D eigenvalue weighted by Crippen LogP contribution is 2.37. The number of aliphatic hydroxyl groups excluding tert-OH is 1. The van der Waals surface area contributed by atoms with Crippen molar-refractivity contribution in [2.24, 2.45) is 5.73 Å². The van der Waals surface area contributed by atoms with Crippen LogP contribution in [0, 0.1) is 5.82 Å². The molecular formula is C22H24F7NO4P+. The van der Waals surface area contributed by atoms with Crippen LogP contribution in [0.15, 0.2) is 36.4 Å². The maximum Gasteiger partial charge on any atom is 0.494 e. The van der Waals surface area contributed by atoms with Crippen molar-refractivity contribution in [1.82, 2.24) is 0 Å². The van der Waals surface area contributed by atoms with Crippen LogP contribution in [0.1, 0.15) is 35.1 Å². The first-order chi connectivity index (χ1) is 16.3. The van der Waals surface area contributed by atoms with Crippen LogP contribution in [0.5, 0.6) is 5.75 Å². The monoisotopic (exact) mass is 530 g/mol. The molecule has 0 amide bonds. The first-order valence-corrected chi connectivity index (χ1v) is 11.2. The summed E-state index contributed by atoms with van der Waals surface area (Å²) >= 11 is 0. The quantitative estimate of drug-likeness (QED) is 0.217. The van der Waals surface area contributed by atoms with Crippen LogP contribution >= 0.6 is 8.69 Å². The Morgan fingerprint density at radius 2 is 1.54 bits per heavy atom. The van der Waals surface area contributed by atoms with Crippen molar-refractivity contribution in [3.63, 3.8) is 0 Å². The third kappa shape index (κ3) is 8.71. The second kappa shape index (κ2) is 12.1. The van der Waals surface area contributed by atoms with Crippen molar-refractivity contribution in [1.29, 1.82) is 0 Å². The molecule has 0 saturated heterocycles. The average molecular weight is 530 g/mol. The number of nitrogens with two attached hydrogens (primary N) is 1. The minimum atomic E-state index is -4.82. The number of aliphatic hydroxyl groups is 1. The van der Waals surface area contributed by atoms with E-state index in [1.165, 1.54) is 6.07 Å². The number of aryl methyl sites for hydroxylation is 2. The molecule has 13 heteroatoms. The molecule has 0 aliphatic rings. The minimum absolute atomic E-state index is 0.0647. The Bertz CT molecular complexity index is 1000. The third-order valence-electron chi connectivity index (χ3n) is 5.20. The Hall–Kier alpha value is -2.27. The van der Waals surface area contributed by atoms with Gasteiger partial charge in [0, 0.05) is 0 Å².